The van der Waals surface area contributed by atoms with Gasteiger partial charge in [-0.1, -0.05) is 0 Å². The minimum Gasteiger partial charge on any atom is -0.471 e. The van der Waals surface area contributed by atoms with E-state index in [0.29, 0.717) is 36.9 Å². The number of aryl methyl sites for hydroxylation is 2. The molecule has 10 heteroatoms. The number of imidazole rings is 1. The van der Waals surface area contributed by atoms with Crippen LogP contribution >= 0.6 is 0 Å². The summed E-state index contributed by atoms with van der Waals surface area (Å²) >= 11 is 0. The normalized spacial score (nSPS) is 24.2. The summed E-state index contributed by atoms with van der Waals surface area (Å²) in [6.45, 7) is 7.70. The second-order valence-electron chi connectivity index (χ2n) is 8.97. The summed E-state index contributed by atoms with van der Waals surface area (Å²) < 4.78 is 8.27. The van der Waals surface area contributed by atoms with Crippen molar-refractivity contribution in [3.05, 3.63) is 24.5 Å². The molecule has 0 bridgehead atoms. The average Bonchev–Trinajstić information content (AvgIpc) is 3.17. The number of likely N-dealkylation sites (tertiary alicyclic amines) is 2. The van der Waals surface area contributed by atoms with Crippen LogP contribution in [0, 0.1) is 18.8 Å². The number of nitrogens with zero attached hydrogens (tertiary/aromatic N) is 8. The molecule has 5 heterocycles. The number of urea groups is 1. The maximum absolute atomic E-state index is 12.8. The lowest BCUT2D eigenvalue weighted by Crippen LogP contribution is -2.42. The highest BCUT2D eigenvalue weighted by Gasteiger charge is 2.47. The number of hydrogen-bond acceptors (Lipinski definition) is 7. The van der Waals surface area contributed by atoms with E-state index in [-0.39, 0.29) is 12.1 Å². The first-order chi connectivity index (χ1) is 15.6. The van der Waals surface area contributed by atoms with Gasteiger partial charge in [-0.15, -0.1) is 0 Å². The number of carbonyl (C=O) groups excluding carboxylic acids is 1. The van der Waals surface area contributed by atoms with Crippen LogP contribution in [0.1, 0.15) is 25.6 Å². The molecule has 3 aromatic rings. The van der Waals surface area contributed by atoms with Gasteiger partial charge in [0.1, 0.15) is 24.1 Å². The lowest BCUT2D eigenvalue weighted by molar-refractivity contribution is 0.156. The Kier molecular flexibility index (Phi) is 4.48. The van der Waals surface area contributed by atoms with Crippen LogP contribution in [0.4, 0.5) is 4.79 Å². The zero-order valence-electron chi connectivity index (χ0n) is 18.3. The lowest BCUT2D eigenvalue weighted by Gasteiger charge is -2.25. The Labute approximate surface area is 185 Å². The molecule has 3 unspecified atom stereocenters. The van der Waals surface area contributed by atoms with Gasteiger partial charge in [-0.25, -0.2) is 24.7 Å². The Morgan fingerprint density at radius 1 is 1.09 bits per heavy atom. The third-order valence-electron chi connectivity index (χ3n) is 6.80. The van der Waals surface area contributed by atoms with Gasteiger partial charge in [0.15, 0.2) is 11.2 Å². The molecule has 166 valence electrons. The Morgan fingerprint density at radius 2 is 1.88 bits per heavy atom. The van der Waals surface area contributed by atoms with E-state index in [9.17, 15) is 4.79 Å². The van der Waals surface area contributed by atoms with Crippen molar-refractivity contribution >= 4 is 17.2 Å². The number of carbonyl (C=O) groups is 1. The molecule has 10 nitrogen and oxygen atoms in total. The Morgan fingerprint density at radius 3 is 2.62 bits per heavy atom. The maximum Gasteiger partial charge on any atom is 0.320 e. The number of aromatic nitrogens is 6. The zero-order chi connectivity index (χ0) is 21.8. The molecule has 3 atom stereocenters. The first kappa shape index (κ1) is 19.4. The van der Waals surface area contributed by atoms with Gasteiger partial charge in [0.25, 0.3) is 0 Å². The Bertz CT molecular complexity index is 1170. The molecule has 2 saturated heterocycles. The molecule has 2 amide bonds. The monoisotopic (exact) mass is 434 g/mol. The van der Waals surface area contributed by atoms with E-state index in [0.717, 1.165) is 48.4 Å². The SMILES string of the molecule is CCn1c(-c2cnc(C)nc2)nc2c(OC3CCN(C(=O)N4CC5CC5C4)C3)ncnc21. The fraction of sp³-hybridized carbons (Fsp3) is 0.545. The van der Waals surface area contributed by atoms with E-state index in [1.165, 1.54) is 12.7 Å². The molecule has 1 aliphatic carbocycles. The predicted molar refractivity (Wildman–Crippen MR) is 116 cm³/mol. The van der Waals surface area contributed by atoms with Crippen LogP contribution in [0.5, 0.6) is 5.88 Å². The topological polar surface area (TPSA) is 102 Å². The van der Waals surface area contributed by atoms with Gasteiger partial charge < -0.3 is 19.1 Å². The van der Waals surface area contributed by atoms with Gasteiger partial charge in [-0.2, -0.15) is 4.98 Å². The molecule has 0 radical (unpaired) electrons. The number of amides is 2. The highest BCUT2D eigenvalue weighted by molar-refractivity contribution is 5.81. The number of ether oxygens (including phenoxy) is 1. The number of fused-ring (bicyclic) bond motifs is 2. The lowest BCUT2D eigenvalue weighted by atomic mass is 10.3. The van der Waals surface area contributed by atoms with Crippen LogP contribution in [0.25, 0.3) is 22.6 Å². The van der Waals surface area contributed by atoms with Crippen LogP contribution in [-0.2, 0) is 6.54 Å². The smallest absolute Gasteiger partial charge is 0.320 e. The molecular weight excluding hydrogens is 408 g/mol. The van der Waals surface area contributed by atoms with Crippen molar-refractivity contribution in [3.8, 4) is 17.3 Å². The second kappa shape index (κ2) is 7.39. The first-order valence-electron chi connectivity index (χ1n) is 11.3. The van der Waals surface area contributed by atoms with E-state index < -0.39 is 0 Å². The fourth-order valence-corrected chi connectivity index (χ4v) is 4.94. The van der Waals surface area contributed by atoms with Crippen molar-refractivity contribution in [1.82, 2.24) is 39.3 Å². The van der Waals surface area contributed by atoms with E-state index >= 15 is 0 Å². The standard InChI is InChI=1S/C22H26N8O2/c1-3-30-19(16-7-23-13(2)24-8-16)27-18-20(30)25-12-26-21(18)32-17-4-5-28(11-17)22(31)29-9-14-6-15(14)10-29/h7-8,12,14-15,17H,3-6,9-11H2,1-2H3. The van der Waals surface area contributed by atoms with Crippen LogP contribution in [0.3, 0.4) is 0 Å². The molecule has 0 aromatic carbocycles. The van der Waals surface area contributed by atoms with Gasteiger partial charge in [-0.05, 0) is 32.1 Å². The Balaban J connectivity index is 1.23. The van der Waals surface area contributed by atoms with Crippen molar-refractivity contribution in [2.45, 2.75) is 39.3 Å². The van der Waals surface area contributed by atoms with Gasteiger partial charge in [0.2, 0.25) is 5.88 Å². The van der Waals surface area contributed by atoms with Crippen molar-refractivity contribution in [2.75, 3.05) is 26.2 Å². The maximum atomic E-state index is 12.8. The number of rotatable bonds is 4. The summed E-state index contributed by atoms with van der Waals surface area (Å²) in [7, 11) is 0. The molecule has 0 N–H and O–H groups in total. The van der Waals surface area contributed by atoms with E-state index in [1.807, 2.05) is 28.2 Å². The summed E-state index contributed by atoms with van der Waals surface area (Å²) in [4.78, 5) is 39.0. The molecule has 3 aliphatic rings. The molecule has 1 saturated carbocycles. The van der Waals surface area contributed by atoms with E-state index in [2.05, 4.69) is 19.9 Å². The Hall–Kier alpha value is -3.30. The van der Waals surface area contributed by atoms with Gasteiger partial charge in [0.05, 0.1) is 12.1 Å². The van der Waals surface area contributed by atoms with Crippen molar-refractivity contribution in [1.29, 1.82) is 0 Å². The second-order valence-corrected chi connectivity index (χ2v) is 8.97. The minimum absolute atomic E-state index is 0.105. The minimum atomic E-state index is -0.105. The van der Waals surface area contributed by atoms with Crippen molar-refractivity contribution in [2.24, 2.45) is 11.8 Å². The summed E-state index contributed by atoms with van der Waals surface area (Å²) in [5, 5.41) is 0. The summed E-state index contributed by atoms with van der Waals surface area (Å²) in [5.41, 5.74) is 2.16. The molecule has 3 aromatic heterocycles. The fourth-order valence-electron chi connectivity index (χ4n) is 4.94. The molecule has 6 rings (SSSR count). The molecule has 3 fully saturated rings. The van der Waals surface area contributed by atoms with Gasteiger partial charge in [-0.3, -0.25) is 0 Å². The largest absolute Gasteiger partial charge is 0.471 e. The van der Waals surface area contributed by atoms with E-state index in [4.69, 9.17) is 9.72 Å². The van der Waals surface area contributed by atoms with Crippen LogP contribution in [-0.4, -0.2) is 77.6 Å². The quantitative estimate of drug-likeness (QED) is 0.620. The molecule has 2 aliphatic heterocycles. The highest BCUT2D eigenvalue weighted by atomic mass is 16.5. The zero-order valence-corrected chi connectivity index (χ0v) is 18.3. The van der Waals surface area contributed by atoms with Gasteiger partial charge in [0, 0.05) is 45.0 Å². The van der Waals surface area contributed by atoms with Gasteiger partial charge >= 0.3 is 6.03 Å². The molecule has 0 spiro atoms. The number of piperidine rings is 1. The summed E-state index contributed by atoms with van der Waals surface area (Å²) in [5.74, 6) is 3.39. The van der Waals surface area contributed by atoms with E-state index in [1.54, 1.807) is 12.4 Å². The molecule has 32 heavy (non-hydrogen) atoms. The number of hydrogen-bond donors (Lipinski definition) is 0. The summed E-state index contributed by atoms with van der Waals surface area (Å²) in [6, 6.07) is 0.146. The van der Waals surface area contributed by atoms with Crippen LogP contribution in [0.2, 0.25) is 0 Å². The average molecular weight is 435 g/mol. The first-order valence-corrected chi connectivity index (χ1v) is 11.3. The third-order valence-corrected chi connectivity index (χ3v) is 6.80. The predicted octanol–water partition coefficient (Wildman–Crippen LogP) is 2.14. The highest BCUT2D eigenvalue weighted by Crippen LogP contribution is 2.45. The van der Waals surface area contributed by atoms with Crippen molar-refractivity contribution < 1.29 is 9.53 Å². The van der Waals surface area contributed by atoms with Crippen molar-refractivity contribution in [3.63, 3.8) is 0 Å². The molecular formula is C22H26N8O2. The summed E-state index contributed by atoms with van der Waals surface area (Å²) in [6.07, 6.45) is 7.02. The van der Waals surface area contributed by atoms with Crippen LogP contribution in [0.15, 0.2) is 18.7 Å². The third kappa shape index (κ3) is 3.25. The van der Waals surface area contributed by atoms with Crippen LogP contribution < -0.4 is 4.74 Å².